The van der Waals surface area contributed by atoms with E-state index in [9.17, 15) is 23.7 Å². The highest BCUT2D eigenvalue weighted by atomic mass is 19.2. The van der Waals surface area contributed by atoms with Crippen LogP contribution in [0.25, 0.3) is 0 Å². The number of carbonyl (C=O) groups is 1. The van der Waals surface area contributed by atoms with Crippen LogP contribution in [0.15, 0.2) is 53.7 Å². The zero-order valence-electron chi connectivity index (χ0n) is 21.9. The van der Waals surface area contributed by atoms with Gasteiger partial charge in [0.25, 0.3) is 11.6 Å². The summed E-state index contributed by atoms with van der Waals surface area (Å²) in [7, 11) is 0. The maximum absolute atomic E-state index is 13.7. The van der Waals surface area contributed by atoms with Crippen LogP contribution in [0.5, 0.6) is 0 Å². The second-order valence-corrected chi connectivity index (χ2v) is 9.72. The molecule has 0 atom stereocenters. The molecule has 1 aromatic heterocycles. The standard InChI is InChI=1S/C29H32F2N4O4/c1-2-3-13-39-33-18-24-16-25(29(36)32-17-20-11-12-26(30)27(31)15-20)28(22-8-4-5-9-22)34(24)19-21-7-6-10-23(14-21)35(37)38/h6-7,10-12,14-16,18,22H,2-5,8-9,13,17,19H2,1H3,(H,32,36)/b33-18+. The summed E-state index contributed by atoms with van der Waals surface area (Å²) in [6.07, 6.45) is 7.28. The highest BCUT2D eigenvalue weighted by Gasteiger charge is 2.28. The van der Waals surface area contributed by atoms with Gasteiger partial charge in [-0.3, -0.25) is 14.9 Å². The van der Waals surface area contributed by atoms with Crippen LogP contribution >= 0.6 is 0 Å². The lowest BCUT2D eigenvalue weighted by Crippen LogP contribution is -2.24. The van der Waals surface area contributed by atoms with E-state index in [1.165, 1.54) is 18.2 Å². The number of unbranched alkanes of at least 4 members (excludes halogenated alkanes) is 1. The van der Waals surface area contributed by atoms with Gasteiger partial charge in [0.05, 0.1) is 22.4 Å². The SMILES string of the molecule is CCCCO/N=C/c1cc(C(=O)NCc2ccc(F)c(F)c2)c(C2CCCC2)n1Cc1cccc([N+](=O)[O-])c1. The number of rotatable bonds is 12. The van der Waals surface area contributed by atoms with Crippen molar-refractivity contribution >= 4 is 17.8 Å². The molecule has 39 heavy (non-hydrogen) atoms. The highest BCUT2D eigenvalue weighted by Crippen LogP contribution is 2.38. The van der Waals surface area contributed by atoms with Gasteiger partial charge in [-0.1, -0.05) is 49.5 Å². The van der Waals surface area contributed by atoms with Gasteiger partial charge in [-0.05, 0) is 48.6 Å². The monoisotopic (exact) mass is 538 g/mol. The van der Waals surface area contributed by atoms with E-state index in [1.807, 2.05) is 10.6 Å². The molecule has 1 N–H and O–H groups in total. The minimum Gasteiger partial charge on any atom is -0.396 e. The zero-order chi connectivity index (χ0) is 27.8. The summed E-state index contributed by atoms with van der Waals surface area (Å²) in [6, 6.07) is 11.7. The van der Waals surface area contributed by atoms with Crippen molar-refractivity contribution in [3.05, 3.63) is 98.4 Å². The van der Waals surface area contributed by atoms with E-state index in [-0.39, 0.29) is 24.1 Å². The number of hydrogen-bond acceptors (Lipinski definition) is 5. The molecule has 10 heteroatoms. The van der Waals surface area contributed by atoms with Crippen molar-refractivity contribution in [1.29, 1.82) is 0 Å². The van der Waals surface area contributed by atoms with Crippen molar-refractivity contribution in [1.82, 2.24) is 9.88 Å². The predicted octanol–water partition coefficient (Wildman–Crippen LogP) is 6.46. The molecule has 0 saturated heterocycles. The van der Waals surface area contributed by atoms with Crippen molar-refractivity contribution < 1.29 is 23.3 Å². The number of aromatic nitrogens is 1. The Labute approximate surface area is 225 Å². The van der Waals surface area contributed by atoms with Gasteiger partial charge in [-0.2, -0.15) is 0 Å². The highest BCUT2D eigenvalue weighted by molar-refractivity contribution is 5.98. The van der Waals surface area contributed by atoms with Crippen molar-refractivity contribution in [2.24, 2.45) is 5.16 Å². The average molecular weight is 539 g/mol. The van der Waals surface area contributed by atoms with Crippen LogP contribution in [0.4, 0.5) is 14.5 Å². The maximum atomic E-state index is 13.7. The zero-order valence-corrected chi connectivity index (χ0v) is 21.9. The Hall–Kier alpha value is -4.08. The largest absolute Gasteiger partial charge is 0.396 e. The number of nitro groups is 1. The van der Waals surface area contributed by atoms with E-state index in [1.54, 1.807) is 18.3 Å². The summed E-state index contributed by atoms with van der Waals surface area (Å²) in [5, 5.41) is 18.3. The molecule has 1 fully saturated rings. The Balaban J connectivity index is 1.70. The summed E-state index contributed by atoms with van der Waals surface area (Å²) in [5.74, 6) is -2.15. The Morgan fingerprint density at radius 3 is 2.67 bits per heavy atom. The Kier molecular flexibility index (Phi) is 9.40. The molecule has 1 aliphatic rings. The molecule has 1 saturated carbocycles. The van der Waals surface area contributed by atoms with Crippen molar-refractivity contribution in [3.8, 4) is 0 Å². The summed E-state index contributed by atoms with van der Waals surface area (Å²) in [6.45, 7) is 2.85. The number of benzene rings is 2. The van der Waals surface area contributed by atoms with Crippen molar-refractivity contribution in [3.63, 3.8) is 0 Å². The topological polar surface area (TPSA) is 98.8 Å². The van der Waals surface area contributed by atoms with Crippen LogP contribution in [0.3, 0.4) is 0 Å². The van der Waals surface area contributed by atoms with E-state index < -0.39 is 16.6 Å². The lowest BCUT2D eigenvalue weighted by atomic mass is 9.99. The molecule has 0 unspecified atom stereocenters. The molecule has 1 aliphatic carbocycles. The van der Waals surface area contributed by atoms with Gasteiger partial charge in [-0.25, -0.2) is 8.78 Å². The lowest BCUT2D eigenvalue weighted by molar-refractivity contribution is -0.384. The van der Waals surface area contributed by atoms with Gasteiger partial charge in [0, 0.05) is 36.8 Å². The smallest absolute Gasteiger partial charge is 0.269 e. The molecule has 1 heterocycles. The normalized spacial score (nSPS) is 13.7. The second-order valence-electron chi connectivity index (χ2n) is 9.72. The fourth-order valence-electron chi connectivity index (χ4n) is 4.92. The van der Waals surface area contributed by atoms with Crippen LogP contribution in [-0.2, 0) is 17.9 Å². The van der Waals surface area contributed by atoms with Crippen molar-refractivity contribution in [2.45, 2.75) is 64.5 Å². The van der Waals surface area contributed by atoms with Gasteiger partial charge in [0.15, 0.2) is 11.6 Å². The van der Waals surface area contributed by atoms with Gasteiger partial charge < -0.3 is 14.7 Å². The van der Waals surface area contributed by atoms with E-state index in [0.29, 0.717) is 35.5 Å². The van der Waals surface area contributed by atoms with Crippen LogP contribution in [0.2, 0.25) is 0 Å². The number of carbonyl (C=O) groups excluding carboxylic acids is 1. The Morgan fingerprint density at radius 1 is 1.15 bits per heavy atom. The minimum atomic E-state index is -0.974. The minimum absolute atomic E-state index is 0.00955. The number of nitro benzene ring substituents is 1. The lowest BCUT2D eigenvalue weighted by Gasteiger charge is -2.18. The molecule has 206 valence electrons. The van der Waals surface area contributed by atoms with Crippen LogP contribution in [0.1, 0.15) is 84.2 Å². The molecular weight excluding hydrogens is 506 g/mol. The molecule has 1 amide bonds. The molecule has 0 bridgehead atoms. The number of oxime groups is 1. The summed E-state index contributed by atoms with van der Waals surface area (Å²) < 4.78 is 29.0. The third-order valence-electron chi connectivity index (χ3n) is 6.90. The Bertz CT molecular complexity index is 1350. The van der Waals surface area contributed by atoms with Crippen LogP contribution in [0, 0.1) is 21.7 Å². The number of non-ortho nitro benzene ring substituents is 1. The molecule has 3 aromatic rings. The molecule has 4 rings (SSSR count). The molecule has 0 radical (unpaired) electrons. The van der Waals surface area contributed by atoms with E-state index >= 15 is 0 Å². The number of hydrogen-bond donors (Lipinski definition) is 1. The first-order valence-electron chi connectivity index (χ1n) is 13.2. The number of amides is 1. The average Bonchev–Trinajstić information content (AvgIpc) is 3.57. The summed E-state index contributed by atoms with van der Waals surface area (Å²) in [5.41, 5.74) is 3.07. The first-order valence-corrected chi connectivity index (χ1v) is 13.2. The molecule has 2 aromatic carbocycles. The predicted molar refractivity (Wildman–Crippen MR) is 144 cm³/mol. The van der Waals surface area contributed by atoms with Crippen molar-refractivity contribution in [2.75, 3.05) is 6.61 Å². The fourth-order valence-corrected chi connectivity index (χ4v) is 4.92. The van der Waals surface area contributed by atoms with E-state index in [0.717, 1.165) is 56.4 Å². The number of nitrogens with zero attached hydrogens (tertiary/aromatic N) is 3. The summed E-state index contributed by atoms with van der Waals surface area (Å²) >= 11 is 0. The maximum Gasteiger partial charge on any atom is 0.269 e. The first kappa shape index (κ1) is 27.9. The van der Waals surface area contributed by atoms with Gasteiger partial charge in [0.2, 0.25) is 0 Å². The second kappa shape index (κ2) is 13.1. The molecule has 8 nitrogen and oxygen atoms in total. The van der Waals surface area contributed by atoms with Crippen LogP contribution in [-0.4, -0.2) is 28.2 Å². The molecular formula is C29H32F2N4O4. The first-order chi connectivity index (χ1) is 18.9. The molecule has 0 aliphatic heterocycles. The molecule has 0 spiro atoms. The quantitative estimate of drug-likeness (QED) is 0.124. The van der Waals surface area contributed by atoms with E-state index in [4.69, 9.17) is 4.84 Å². The van der Waals surface area contributed by atoms with Gasteiger partial charge in [-0.15, -0.1) is 0 Å². The third kappa shape index (κ3) is 7.07. The van der Waals surface area contributed by atoms with Crippen LogP contribution < -0.4 is 5.32 Å². The number of nitrogens with one attached hydrogen (secondary N) is 1. The Morgan fingerprint density at radius 2 is 1.95 bits per heavy atom. The van der Waals surface area contributed by atoms with Gasteiger partial charge >= 0.3 is 0 Å². The fraction of sp³-hybridized carbons (Fsp3) is 0.379. The number of halogens is 2. The van der Waals surface area contributed by atoms with Gasteiger partial charge in [0.1, 0.15) is 6.61 Å². The van der Waals surface area contributed by atoms with E-state index in [2.05, 4.69) is 17.4 Å². The summed E-state index contributed by atoms with van der Waals surface area (Å²) in [4.78, 5) is 29.8. The third-order valence-corrected chi connectivity index (χ3v) is 6.90.